The van der Waals surface area contributed by atoms with Gasteiger partial charge in [-0.05, 0) is 38.2 Å². The number of hydrogen-bond donors (Lipinski definition) is 1. The Morgan fingerprint density at radius 1 is 1.25 bits per heavy atom. The average molecular weight is 420 g/mol. The van der Waals surface area contributed by atoms with E-state index in [9.17, 15) is 4.79 Å². The topological polar surface area (TPSA) is 64.1 Å². The molecule has 2 aromatic rings. The van der Waals surface area contributed by atoms with E-state index in [-0.39, 0.29) is 6.04 Å². The molecule has 1 heterocycles. The van der Waals surface area contributed by atoms with Crippen molar-refractivity contribution in [2.45, 2.75) is 44.8 Å². The Hall–Kier alpha value is -2.05. The third-order valence-corrected chi connectivity index (χ3v) is 5.11. The zero-order valence-corrected chi connectivity index (χ0v) is 18.2. The molecule has 150 valence electrons. The smallest absolute Gasteiger partial charge is 0.330 e. The number of esters is 1. The Labute approximate surface area is 176 Å². The van der Waals surface area contributed by atoms with E-state index in [2.05, 4.69) is 29.1 Å². The molecular formula is C21H26ClN3O2S. The van der Waals surface area contributed by atoms with Gasteiger partial charge in [-0.15, -0.1) is 0 Å². The summed E-state index contributed by atoms with van der Waals surface area (Å²) in [5.74, 6) is 0.276. The molecule has 1 N–H and O–H groups in total. The first kappa shape index (κ1) is 22.2. The molecule has 1 aromatic carbocycles. The fraction of sp³-hybridized carbons (Fsp3) is 0.381. The number of rotatable bonds is 9. The Kier molecular flexibility index (Phi) is 8.80. The second-order valence-electron chi connectivity index (χ2n) is 6.04. The minimum Gasteiger partial charge on any atom is -0.463 e. The number of nitrogens with zero attached hydrogens (tertiary/aromatic N) is 2. The van der Waals surface area contributed by atoms with Crippen LogP contribution in [0.25, 0.3) is 17.3 Å². The number of aromatic nitrogens is 2. The number of carbonyl (C=O) groups excluding carboxylic acids is 1. The monoisotopic (exact) mass is 419 g/mol. The van der Waals surface area contributed by atoms with Gasteiger partial charge in [-0.3, -0.25) is 0 Å². The summed E-state index contributed by atoms with van der Waals surface area (Å²) in [5, 5.41) is 4.72. The van der Waals surface area contributed by atoms with Gasteiger partial charge in [-0.25, -0.2) is 14.8 Å². The molecule has 0 fully saturated rings. The average Bonchev–Trinajstić information content (AvgIpc) is 2.71. The third kappa shape index (κ3) is 5.72. The number of thioether (sulfide) groups is 1. The summed E-state index contributed by atoms with van der Waals surface area (Å²) in [4.78, 5) is 21.3. The predicted octanol–water partition coefficient (Wildman–Crippen LogP) is 5.70. The number of hydrogen-bond acceptors (Lipinski definition) is 6. The van der Waals surface area contributed by atoms with Crippen LogP contribution >= 0.6 is 23.4 Å². The highest BCUT2D eigenvalue weighted by Crippen LogP contribution is 2.34. The maximum atomic E-state index is 11.9. The fourth-order valence-corrected chi connectivity index (χ4v) is 3.28. The van der Waals surface area contributed by atoms with Crippen molar-refractivity contribution < 1.29 is 9.53 Å². The highest BCUT2D eigenvalue weighted by Gasteiger charge is 2.18. The van der Waals surface area contributed by atoms with Gasteiger partial charge in [0.2, 0.25) is 0 Å². The van der Waals surface area contributed by atoms with Gasteiger partial charge in [0.25, 0.3) is 0 Å². The van der Waals surface area contributed by atoms with Crippen molar-refractivity contribution in [3.63, 3.8) is 0 Å². The van der Waals surface area contributed by atoms with E-state index in [1.807, 2.05) is 30.5 Å². The lowest BCUT2D eigenvalue weighted by Gasteiger charge is -2.20. The molecule has 7 heteroatoms. The van der Waals surface area contributed by atoms with Crippen LogP contribution in [0.2, 0.25) is 5.02 Å². The van der Waals surface area contributed by atoms with Crippen LogP contribution in [0.15, 0.2) is 35.5 Å². The molecule has 1 aromatic heterocycles. The molecule has 0 atom stereocenters. The van der Waals surface area contributed by atoms with Gasteiger partial charge in [0.15, 0.2) is 5.16 Å². The van der Waals surface area contributed by atoms with E-state index in [0.29, 0.717) is 33.9 Å². The van der Waals surface area contributed by atoms with Gasteiger partial charge in [0.05, 0.1) is 12.3 Å². The Balaban J connectivity index is 2.66. The van der Waals surface area contributed by atoms with Crippen molar-refractivity contribution in [1.82, 2.24) is 9.97 Å². The highest BCUT2D eigenvalue weighted by atomic mass is 35.5. The van der Waals surface area contributed by atoms with Crippen LogP contribution in [0.5, 0.6) is 0 Å². The normalized spacial score (nSPS) is 11.2. The van der Waals surface area contributed by atoms with Gasteiger partial charge < -0.3 is 10.1 Å². The summed E-state index contributed by atoms with van der Waals surface area (Å²) in [6.45, 7) is 6.35. The zero-order chi connectivity index (χ0) is 20.5. The van der Waals surface area contributed by atoms with Crippen molar-refractivity contribution in [3.05, 3.63) is 40.9 Å². The van der Waals surface area contributed by atoms with Gasteiger partial charge in [-0.1, -0.05) is 55.4 Å². The summed E-state index contributed by atoms with van der Waals surface area (Å²) in [6.07, 6.45) is 6.95. The molecule has 0 aliphatic carbocycles. The Morgan fingerprint density at radius 2 is 1.96 bits per heavy atom. The zero-order valence-electron chi connectivity index (χ0n) is 16.7. The van der Waals surface area contributed by atoms with Crippen LogP contribution in [0.4, 0.5) is 5.82 Å². The van der Waals surface area contributed by atoms with Crippen LogP contribution in [0.3, 0.4) is 0 Å². The third-order valence-electron chi connectivity index (χ3n) is 4.24. The number of nitrogens with one attached hydrogen (secondary N) is 1. The predicted molar refractivity (Wildman–Crippen MR) is 118 cm³/mol. The van der Waals surface area contributed by atoms with Gasteiger partial charge in [-0.2, -0.15) is 0 Å². The van der Waals surface area contributed by atoms with Crippen LogP contribution in [0, 0.1) is 0 Å². The summed E-state index contributed by atoms with van der Waals surface area (Å²) >= 11 is 7.91. The molecule has 0 saturated carbocycles. The Morgan fingerprint density at radius 3 is 2.57 bits per heavy atom. The molecule has 0 saturated heterocycles. The number of carbonyl (C=O) groups is 1. The summed E-state index contributed by atoms with van der Waals surface area (Å²) in [6, 6.07) is 7.79. The van der Waals surface area contributed by atoms with Crippen molar-refractivity contribution in [2.75, 3.05) is 18.2 Å². The number of halogens is 1. The lowest BCUT2D eigenvalue weighted by molar-refractivity contribution is -0.137. The van der Waals surface area contributed by atoms with Gasteiger partial charge in [0, 0.05) is 28.3 Å². The molecule has 28 heavy (non-hydrogen) atoms. The Bertz CT molecular complexity index is 838. The number of anilines is 1. The van der Waals surface area contributed by atoms with E-state index in [0.717, 1.165) is 18.4 Å². The minimum absolute atomic E-state index is 0.262. The first-order valence-electron chi connectivity index (χ1n) is 9.36. The van der Waals surface area contributed by atoms with Crippen LogP contribution in [0.1, 0.15) is 39.2 Å². The van der Waals surface area contributed by atoms with Gasteiger partial charge >= 0.3 is 5.97 Å². The van der Waals surface area contributed by atoms with E-state index in [4.69, 9.17) is 16.3 Å². The molecule has 0 spiro atoms. The quantitative estimate of drug-likeness (QED) is 0.243. The second kappa shape index (κ2) is 11.1. The molecule has 0 bridgehead atoms. The minimum atomic E-state index is -0.407. The molecule has 0 aliphatic heterocycles. The molecule has 0 radical (unpaired) electrons. The summed E-state index contributed by atoms with van der Waals surface area (Å²) in [5.41, 5.74) is 2.18. The lowest BCUT2D eigenvalue weighted by Crippen LogP contribution is -2.19. The van der Waals surface area contributed by atoms with Crippen molar-refractivity contribution >= 4 is 41.2 Å². The molecular weight excluding hydrogens is 394 g/mol. The van der Waals surface area contributed by atoms with Crippen LogP contribution < -0.4 is 5.32 Å². The standard InChI is InChI=1S/C21H26ClN3O2S/c1-5-14(6-2)23-20-16(12-13-18(26)27-7-3)19(24-21(25-20)28-4)15-10-8-9-11-17(15)22/h8-14H,5-7H2,1-4H3,(H,23,24,25)/b13-12+. The maximum Gasteiger partial charge on any atom is 0.330 e. The lowest BCUT2D eigenvalue weighted by atomic mass is 10.0. The van der Waals surface area contributed by atoms with Crippen molar-refractivity contribution in [2.24, 2.45) is 0 Å². The van der Waals surface area contributed by atoms with E-state index in [1.54, 1.807) is 13.0 Å². The highest BCUT2D eigenvalue weighted by molar-refractivity contribution is 7.98. The van der Waals surface area contributed by atoms with Gasteiger partial charge in [0.1, 0.15) is 5.82 Å². The largest absolute Gasteiger partial charge is 0.463 e. The molecule has 0 amide bonds. The molecule has 0 aliphatic rings. The van der Waals surface area contributed by atoms with Crippen molar-refractivity contribution in [1.29, 1.82) is 0 Å². The van der Waals surface area contributed by atoms with Crippen LogP contribution in [-0.4, -0.2) is 34.8 Å². The molecule has 0 unspecified atom stereocenters. The fourth-order valence-electron chi connectivity index (χ4n) is 2.69. The van der Waals surface area contributed by atoms with E-state index >= 15 is 0 Å². The first-order valence-corrected chi connectivity index (χ1v) is 11.0. The van der Waals surface area contributed by atoms with E-state index < -0.39 is 5.97 Å². The molecule has 2 rings (SSSR count). The van der Waals surface area contributed by atoms with Crippen molar-refractivity contribution in [3.8, 4) is 11.3 Å². The van der Waals surface area contributed by atoms with E-state index in [1.165, 1.54) is 17.8 Å². The first-order chi connectivity index (χ1) is 13.5. The number of benzene rings is 1. The van der Waals surface area contributed by atoms with Crippen LogP contribution in [-0.2, 0) is 9.53 Å². The SMILES string of the molecule is CCOC(=O)/C=C/c1c(NC(CC)CC)nc(SC)nc1-c1ccccc1Cl. The number of ether oxygens (including phenoxy) is 1. The summed E-state index contributed by atoms with van der Waals surface area (Å²) in [7, 11) is 0. The maximum absolute atomic E-state index is 11.9. The second-order valence-corrected chi connectivity index (χ2v) is 7.22. The molecule has 5 nitrogen and oxygen atoms in total. The summed E-state index contributed by atoms with van der Waals surface area (Å²) < 4.78 is 5.02.